The van der Waals surface area contributed by atoms with Gasteiger partial charge in [-0.3, -0.25) is 0 Å². The summed E-state index contributed by atoms with van der Waals surface area (Å²) in [6.07, 6.45) is 1.11. The Morgan fingerprint density at radius 2 is 2.20 bits per heavy atom. The molecule has 108 valence electrons. The SMILES string of the molecule is CCCNC(COc1cccc(Cl)c1)c1ccsc1C. The lowest BCUT2D eigenvalue weighted by Crippen LogP contribution is -2.27. The normalized spacial score (nSPS) is 12.3. The van der Waals surface area contributed by atoms with Gasteiger partial charge in [0.2, 0.25) is 0 Å². The van der Waals surface area contributed by atoms with Crippen LogP contribution in [0.15, 0.2) is 35.7 Å². The largest absolute Gasteiger partial charge is 0.492 e. The van der Waals surface area contributed by atoms with Crippen LogP contribution in [-0.4, -0.2) is 13.2 Å². The van der Waals surface area contributed by atoms with Crippen LogP contribution in [0.5, 0.6) is 5.75 Å². The van der Waals surface area contributed by atoms with E-state index in [-0.39, 0.29) is 6.04 Å². The van der Waals surface area contributed by atoms with Gasteiger partial charge in [0.15, 0.2) is 0 Å². The van der Waals surface area contributed by atoms with E-state index in [1.807, 2.05) is 24.3 Å². The maximum atomic E-state index is 5.97. The molecular formula is C16H20ClNOS. The zero-order chi connectivity index (χ0) is 14.4. The first-order chi connectivity index (χ1) is 9.70. The van der Waals surface area contributed by atoms with Crippen molar-refractivity contribution < 1.29 is 4.74 Å². The molecule has 2 rings (SSSR count). The van der Waals surface area contributed by atoms with Crippen LogP contribution in [0.4, 0.5) is 0 Å². The third-order valence-electron chi connectivity index (χ3n) is 3.13. The predicted octanol–water partition coefficient (Wildman–Crippen LogP) is 4.83. The van der Waals surface area contributed by atoms with Gasteiger partial charge < -0.3 is 10.1 Å². The van der Waals surface area contributed by atoms with Crippen molar-refractivity contribution in [2.75, 3.05) is 13.2 Å². The molecule has 0 saturated carbocycles. The lowest BCUT2D eigenvalue weighted by atomic mass is 10.1. The molecule has 0 radical (unpaired) electrons. The minimum absolute atomic E-state index is 0.222. The Labute approximate surface area is 129 Å². The molecule has 2 nitrogen and oxygen atoms in total. The minimum atomic E-state index is 0.222. The van der Waals surface area contributed by atoms with E-state index in [1.54, 1.807) is 11.3 Å². The highest BCUT2D eigenvalue weighted by molar-refractivity contribution is 7.10. The third-order valence-corrected chi connectivity index (χ3v) is 4.22. The molecule has 1 aromatic heterocycles. The molecule has 0 aliphatic carbocycles. The molecule has 0 fully saturated rings. The minimum Gasteiger partial charge on any atom is -0.492 e. The summed E-state index contributed by atoms with van der Waals surface area (Å²) in [6, 6.07) is 9.93. The summed E-state index contributed by atoms with van der Waals surface area (Å²) in [5.41, 5.74) is 1.32. The molecule has 0 spiro atoms. The zero-order valence-electron chi connectivity index (χ0n) is 11.9. The molecule has 1 heterocycles. The van der Waals surface area contributed by atoms with Gasteiger partial charge in [-0.1, -0.05) is 24.6 Å². The molecule has 0 aliphatic rings. The average Bonchev–Trinajstić information content (AvgIpc) is 2.85. The van der Waals surface area contributed by atoms with Crippen LogP contribution in [-0.2, 0) is 0 Å². The molecular weight excluding hydrogens is 290 g/mol. The van der Waals surface area contributed by atoms with E-state index < -0.39 is 0 Å². The molecule has 20 heavy (non-hydrogen) atoms. The molecule has 2 aromatic rings. The number of nitrogens with one attached hydrogen (secondary N) is 1. The second-order valence-electron chi connectivity index (χ2n) is 4.71. The number of rotatable bonds is 7. The van der Waals surface area contributed by atoms with Crippen LogP contribution < -0.4 is 10.1 Å². The fourth-order valence-electron chi connectivity index (χ4n) is 2.07. The van der Waals surface area contributed by atoms with Gasteiger partial charge in [-0.15, -0.1) is 11.3 Å². The van der Waals surface area contributed by atoms with E-state index in [4.69, 9.17) is 16.3 Å². The number of ether oxygens (including phenoxy) is 1. The number of hydrogen-bond acceptors (Lipinski definition) is 3. The lowest BCUT2D eigenvalue weighted by molar-refractivity contribution is 0.266. The summed E-state index contributed by atoms with van der Waals surface area (Å²) in [7, 11) is 0. The predicted molar refractivity (Wildman–Crippen MR) is 87.0 cm³/mol. The first kappa shape index (κ1) is 15.4. The Kier molecular flexibility index (Phi) is 5.89. The summed E-state index contributed by atoms with van der Waals surface area (Å²) >= 11 is 7.75. The van der Waals surface area contributed by atoms with Crippen LogP contribution in [0.2, 0.25) is 5.02 Å². The fourth-order valence-corrected chi connectivity index (χ4v) is 3.02. The van der Waals surface area contributed by atoms with Crippen LogP contribution in [0.3, 0.4) is 0 Å². The molecule has 0 aliphatic heterocycles. The van der Waals surface area contributed by atoms with E-state index in [0.717, 1.165) is 18.7 Å². The highest BCUT2D eigenvalue weighted by atomic mass is 35.5. The Bertz CT molecular complexity index is 541. The van der Waals surface area contributed by atoms with Crippen molar-refractivity contribution in [1.82, 2.24) is 5.32 Å². The molecule has 1 aromatic carbocycles. The maximum Gasteiger partial charge on any atom is 0.120 e. The van der Waals surface area contributed by atoms with Gasteiger partial charge in [0.05, 0.1) is 6.04 Å². The summed E-state index contributed by atoms with van der Waals surface area (Å²) in [6.45, 7) is 5.92. The van der Waals surface area contributed by atoms with Crippen molar-refractivity contribution in [2.24, 2.45) is 0 Å². The second kappa shape index (κ2) is 7.67. The molecule has 0 saturated heterocycles. The second-order valence-corrected chi connectivity index (χ2v) is 6.26. The highest BCUT2D eigenvalue weighted by Crippen LogP contribution is 2.24. The molecule has 0 bridgehead atoms. The van der Waals surface area contributed by atoms with Crippen LogP contribution >= 0.6 is 22.9 Å². The Hall–Kier alpha value is -1.03. The van der Waals surface area contributed by atoms with Gasteiger partial charge in [0.25, 0.3) is 0 Å². The summed E-state index contributed by atoms with van der Waals surface area (Å²) in [5, 5.41) is 6.38. The van der Waals surface area contributed by atoms with Crippen molar-refractivity contribution in [1.29, 1.82) is 0 Å². The topological polar surface area (TPSA) is 21.3 Å². The average molecular weight is 310 g/mol. The molecule has 1 unspecified atom stereocenters. The Balaban J connectivity index is 2.03. The van der Waals surface area contributed by atoms with E-state index in [9.17, 15) is 0 Å². The van der Waals surface area contributed by atoms with Crippen molar-refractivity contribution >= 4 is 22.9 Å². The van der Waals surface area contributed by atoms with Gasteiger partial charge in [-0.05, 0) is 55.1 Å². The van der Waals surface area contributed by atoms with Crippen LogP contribution in [0, 0.1) is 6.92 Å². The maximum absolute atomic E-state index is 5.97. The van der Waals surface area contributed by atoms with Gasteiger partial charge in [0, 0.05) is 9.90 Å². The number of halogens is 1. The van der Waals surface area contributed by atoms with Gasteiger partial charge in [-0.25, -0.2) is 0 Å². The standard InChI is InChI=1S/C16H20ClNOS/c1-3-8-18-16(15-7-9-20-12(15)2)11-19-14-6-4-5-13(17)10-14/h4-7,9-10,16,18H,3,8,11H2,1-2H3. The number of hydrogen-bond donors (Lipinski definition) is 1. The van der Waals surface area contributed by atoms with Crippen LogP contribution in [0.1, 0.15) is 29.8 Å². The smallest absolute Gasteiger partial charge is 0.120 e. The third kappa shape index (κ3) is 4.23. The molecule has 1 N–H and O–H groups in total. The number of thiophene rings is 1. The van der Waals surface area contributed by atoms with E-state index in [1.165, 1.54) is 10.4 Å². The van der Waals surface area contributed by atoms with Gasteiger partial charge in [0.1, 0.15) is 12.4 Å². The summed E-state index contributed by atoms with van der Waals surface area (Å²) in [5.74, 6) is 0.814. The van der Waals surface area contributed by atoms with E-state index in [0.29, 0.717) is 11.6 Å². The monoisotopic (exact) mass is 309 g/mol. The number of aryl methyl sites for hydroxylation is 1. The molecule has 4 heteroatoms. The molecule has 0 amide bonds. The summed E-state index contributed by atoms with van der Waals surface area (Å²) < 4.78 is 5.88. The van der Waals surface area contributed by atoms with Crippen molar-refractivity contribution in [2.45, 2.75) is 26.3 Å². The molecule has 1 atom stereocenters. The Morgan fingerprint density at radius 1 is 1.35 bits per heavy atom. The highest BCUT2D eigenvalue weighted by Gasteiger charge is 2.14. The van der Waals surface area contributed by atoms with Crippen molar-refractivity contribution in [3.63, 3.8) is 0 Å². The van der Waals surface area contributed by atoms with Gasteiger partial charge in [-0.2, -0.15) is 0 Å². The first-order valence-corrected chi connectivity index (χ1v) is 8.12. The summed E-state index contributed by atoms with van der Waals surface area (Å²) in [4.78, 5) is 1.34. The van der Waals surface area contributed by atoms with E-state index in [2.05, 4.69) is 30.6 Å². The van der Waals surface area contributed by atoms with Crippen molar-refractivity contribution in [3.05, 3.63) is 51.2 Å². The Morgan fingerprint density at radius 3 is 2.85 bits per heavy atom. The fraction of sp³-hybridized carbons (Fsp3) is 0.375. The zero-order valence-corrected chi connectivity index (χ0v) is 13.4. The van der Waals surface area contributed by atoms with Gasteiger partial charge >= 0.3 is 0 Å². The first-order valence-electron chi connectivity index (χ1n) is 6.86. The van der Waals surface area contributed by atoms with Crippen molar-refractivity contribution in [3.8, 4) is 5.75 Å². The van der Waals surface area contributed by atoms with E-state index >= 15 is 0 Å². The number of benzene rings is 1. The quantitative estimate of drug-likeness (QED) is 0.791. The lowest BCUT2D eigenvalue weighted by Gasteiger charge is -2.19. The van der Waals surface area contributed by atoms with Crippen LogP contribution in [0.25, 0.3) is 0 Å².